The molecule has 30 heavy (non-hydrogen) atoms. The third-order valence-corrected chi connectivity index (χ3v) is 6.28. The Labute approximate surface area is 176 Å². The van der Waals surface area contributed by atoms with Crippen molar-refractivity contribution in [2.45, 2.75) is 31.0 Å². The van der Waals surface area contributed by atoms with E-state index in [9.17, 15) is 14.3 Å². The van der Waals surface area contributed by atoms with Crippen LogP contribution >= 0.6 is 11.6 Å². The first-order chi connectivity index (χ1) is 14.4. The number of aliphatic hydroxyl groups excluding tert-OH is 1. The molecule has 4 heterocycles. The van der Waals surface area contributed by atoms with Gasteiger partial charge in [0.25, 0.3) is 0 Å². The van der Waals surface area contributed by atoms with Crippen LogP contribution in [0.2, 0.25) is 5.02 Å². The van der Waals surface area contributed by atoms with Gasteiger partial charge in [-0.25, -0.2) is 18.7 Å². The second-order valence-electron chi connectivity index (χ2n) is 7.67. The number of hydrogen-bond donors (Lipinski definition) is 2. The first kappa shape index (κ1) is 19.1. The lowest BCUT2D eigenvalue weighted by Crippen LogP contribution is -2.57. The number of primary amides is 1. The number of aliphatic hydroxyl groups is 1. The molecule has 2 unspecified atom stereocenters. The average molecular weight is 431 g/mol. The molecule has 5 rings (SSSR count). The fraction of sp³-hybridized carbons (Fsp3) is 0.350. The molecule has 1 aromatic carbocycles. The van der Waals surface area contributed by atoms with Crippen molar-refractivity contribution in [2.24, 2.45) is 5.73 Å². The molecule has 10 heteroatoms. The number of β-amino-alcohol motifs (C(OH)–C–C–N with tert-alkyl or cyclic N) is 1. The van der Waals surface area contributed by atoms with E-state index >= 15 is 0 Å². The van der Waals surface area contributed by atoms with Crippen LogP contribution in [0.1, 0.15) is 36.1 Å². The predicted octanol–water partition coefficient (Wildman–Crippen LogP) is 2.66. The van der Waals surface area contributed by atoms with Gasteiger partial charge in [0, 0.05) is 23.3 Å². The minimum Gasteiger partial charge on any atom is -0.389 e. The van der Waals surface area contributed by atoms with Gasteiger partial charge in [-0.2, -0.15) is 5.10 Å². The Kier molecular flexibility index (Phi) is 4.52. The van der Waals surface area contributed by atoms with Crippen molar-refractivity contribution in [3.05, 3.63) is 58.6 Å². The third-order valence-electron chi connectivity index (χ3n) is 5.93. The Morgan fingerprint density at radius 1 is 1.30 bits per heavy atom. The summed E-state index contributed by atoms with van der Waals surface area (Å²) < 4.78 is 15.5. The Hall–Kier alpha value is -2.91. The van der Waals surface area contributed by atoms with Gasteiger partial charge in [0.2, 0.25) is 0 Å². The molecular formula is C20H20ClFN6O2. The topological polar surface area (TPSA) is 100.0 Å². The number of rotatable bonds is 3. The van der Waals surface area contributed by atoms with Crippen molar-refractivity contribution < 1.29 is 14.3 Å². The molecule has 3 N–H and O–H groups in total. The highest BCUT2D eigenvalue weighted by Gasteiger charge is 2.43. The molecule has 2 fully saturated rings. The largest absolute Gasteiger partial charge is 0.389 e. The van der Waals surface area contributed by atoms with Crippen molar-refractivity contribution in [1.82, 2.24) is 19.5 Å². The molecule has 0 aliphatic carbocycles. The summed E-state index contributed by atoms with van der Waals surface area (Å²) >= 11 is 6.36. The number of benzene rings is 1. The number of fused-ring (bicyclic) bond motifs is 1. The molecule has 2 aliphatic rings. The minimum absolute atomic E-state index is 0.0917. The molecule has 0 bridgehead atoms. The van der Waals surface area contributed by atoms with Crippen molar-refractivity contribution in [1.29, 1.82) is 0 Å². The highest BCUT2D eigenvalue weighted by molar-refractivity contribution is 6.31. The first-order valence-corrected chi connectivity index (χ1v) is 10.1. The zero-order chi connectivity index (χ0) is 21.0. The molecule has 0 spiro atoms. The fourth-order valence-electron chi connectivity index (χ4n) is 4.47. The van der Waals surface area contributed by atoms with Crippen molar-refractivity contribution in [2.75, 3.05) is 18.0 Å². The standard InChI is InChI=1S/C20H20ClFN6O2/c21-14-4-3-11(22)8-12(14)15-2-1-6-26(15)17-5-7-28-19(25-17)13(9-24-28)18-16(29)10-27(18)20(23)30/h3-5,7-9,15-16,18,29H,1-2,6,10H2,(H2,23,30)/t15?,16?,18-/m1/s1. The highest BCUT2D eigenvalue weighted by Crippen LogP contribution is 2.40. The second kappa shape index (κ2) is 7.10. The molecule has 2 saturated heterocycles. The van der Waals surface area contributed by atoms with Crippen molar-refractivity contribution in [3.63, 3.8) is 0 Å². The third kappa shape index (κ3) is 2.96. The summed E-state index contributed by atoms with van der Waals surface area (Å²) in [6.45, 7) is 0.937. The van der Waals surface area contributed by atoms with Gasteiger partial charge in [-0.15, -0.1) is 0 Å². The number of likely N-dealkylation sites (tertiary alicyclic amines) is 1. The molecule has 2 aromatic heterocycles. The van der Waals surface area contributed by atoms with E-state index in [-0.39, 0.29) is 18.4 Å². The maximum Gasteiger partial charge on any atom is 0.315 e. The van der Waals surface area contributed by atoms with Crippen LogP contribution < -0.4 is 10.6 Å². The van der Waals surface area contributed by atoms with Gasteiger partial charge in [-0.3, -0.25) is 0 Å². The SMILES string of the molecule is NC(=O)N1CC(O)[C@H]1c1cnn2ccc(N3CCCC3c3cc(F)ccc3Cl)nc12. The summed E-state index contributed by atoms with van der Waals surface area (Å²) in [5.41, 5.74) is 7.32. The summed E-state index contributed by atoms with van der Waals surface area (Å²) in [5, 5.41) is 15.0. The van der Waals surface area contributed by atoms with Gasteiger partial charge < -0.3 is 20.6 Å². The van der Waals surface area contributed by atoms with E-state index < -0.39 is 18.2 Å². The minimum atomic E-state index is -0.721. The Bertz CT molecular complexity index is 1140. The number of urea groups is 1. The van der Waals surface area contributed by atoms with Crippen LogP contribution in [0.15, 0.2) is 36.7 Å². The highest BCUT2D eigenvalue weighted by atomic mass is 35.5. The van der Waals surface area contributed by atoms with E-state index in [0.717, 1.165) is 24.9 Å². The van der Waals surface area contributed by atoms with Crippen LogP contribution in [-0.4, -0.2) is 49.8 Å². The number of carbonyl (C=O) groups is 1. The zero-order valence-electron chi connectivity index (χ0n) is 15.9. The molecule has 156 valence electrons. The lowest BCUT2D eigenvalue weighted by molar-refractivity contribution is -0.0320. The van der Waals surface area contributed by atoms with Gasteiger partial charge in [-0.05, 0) is 42.7 Å². The molecule has 3 aromatic rings. The smallest absolute Gasteiger partial charge is 0.315 e. The number of hydrogen-bond acceptors (Lipinski definition) is 5. The lowest BCUT2D eigenvalue weighted by Gasteiger charge is -2.43. The molecule has 8 nitrogen and oxygen atoms in total. The van der Waals surface area contributed by atoms with Gasteiger partial charge in [0.05, 0.1) is 30.9 Å². The monoisotopic (exact) mass is 430 g/mol. The summed E-state index contributed by atoms with van der Waals surface area (Å²) in [6.07, 6.45) is 4.41. The maximum atomic E-state index is 13.9. The summed E-state index contributed by atoms with van der Waals surface area (Å²) in [5.74, 6) is 0.375. The van der Waals surface area contributed by atoms with Crippen LogP contribution in [0, 0.1) is 5.82 Å². The maximum absolute atomic E-state index is 13.9. The fourth-order valence-corrected chi connectivity index (χ4v) is 4.71. The van der Waals surface area contributed by atoms with E-state index in [4.69, 9.17) is 22.3 Å². The average Bonchev–Trinajstić information content (AvgIpc) is 3.35. The number of aromatic nitrogens is 3. The zero-order valence-corrected chi connectivity index (χ0v) is 16.7. The van der Waals surface area contributed by atoms with E-state index in [1.807, 2.05) is 6.07 Å². The molecule has 0 radical (unpaired) electrons. The number of halogens is 2. The van der Waals surface area contributed by atoms with Crippen LogP contribution in [0.25, 0.3) is 5.65 Å². The predicted molar refractivity (Wildman–Crippen MR) is 109 cm³/mol. The van der Waals surface area contributed by atoms with E-state index in [1.165, 1.54) is 17.0 Å². The summed E-state index contributed by atoms with van der Waals surface area (Å²) in [7, 11) is 0. The Balaban J connectivity index is 1.53. The van der Waals surface area contributed by atoms with Crippen molar-refractivity contribution >= 4 is 29.1 Å². The molecule has 2 aliphatic heterocycles. The summed E-state index contributed by atoms with van der Waals surface area (Å²) in [4.78, 5) is 19.9. The molecule has 0 saturated carbocycles. The van der Waals surface area contributed by atoms with Gasteiger partial charge >= 0.3 is 6.03 Å². The molecule has 2 amide bonds. The van der Waals surface area contributed by atoms with Gasteiger partial charge in [0.15, 0.2) is 5.65 Å². The number of nitrogens with zero attached hydrogens (tertiary/aromatic N) is 5. The second-order valence-corrected chi connectivity index (χ2v) is 8.08. The van der Waals surface area contributed by atoms with Gasteiger partial charge in [0.1, 0.15) is 11.6 Å². The number of anilines is 1. The molecular weight excluding hydrogens is 411 g/mol. The van der Waals surface area contributed by atoms with Crippen LogP contribution in [0.5, 0.6) is 0 Å². The van der Waals surface area contributed by atoms with Crippen molar-refractivity contribution in [3.8, 4) is 0 Å². The van der Waals surface area contributed by atoms with Crippen LogP contribution in [-0.2, 0) is 0 Å². The number of amides is 2. The molecule has 3 atom stereocenters. The number of nitrogens with two attached hydrogens (primary N) is 1. The van der Waals surface area contributed by atoms with Gasteiger partial charge in [-0.1, -0.05) is 11.6 Å². The summed E-state index contributed by atoms with van der Waals surface area (Å²) in [6, 6.07) is 4.98. The van der Waals surface area contributed by atoms with E-state index in [1.54, 1.807) is 23.0 Å². The van der Waals surface area contributed by atoms with Crippen LogP contribution in [0.3, 0.4) is 0 Å². The van der Waals surface area contributed by atoms with E-state index in [2.05, 4.69) is 10.00 Å². The van der Waals surface area contributed by atoms with Crippen LogP contribution in [0.4, 0.5) is 15.0 Å². The first-order valence-electron chi connectivity index (χ1n) is 9.74. The Morgan fingerprint density at radius 3 is 2.90 bits per heavy atom. The number of carbonyl (C=O) groups excluding carboxylic acids is 1. The quantitative estimate of drug-likeness (QED) is 0.665. The Morgan fingerprint density at radius 2 is 2.13 bits per heavy atom. The lowest BCUT2D eigenvalue weighted by atomic mass is 9.94. The van der Waals surface area contributed by atoms with E-state index in [0.29, 0.717) is 22.1 Å². The normalized spacial score (nSPS) is 23.8.